The molecular formula is C11H20BClN6O4. The van der Waals surface area contributed by atoms with E-state index in [1.807, 2.05) is 0 Å². The summed E-state index contributed by atoms with van der Waals surface area (Å²) < 4.78 is 5.91. The summed E-state index contributed by atoms with van der Waals surface area (Å²) in [5.41, 5.74) is 5.99. The number of nitrogens with zero attached hydrogens (tertiary/aromatic N) is 4. The van der Waals surface area contributed by atoms with Gasteiger partial charge in [0.05, 0.1) is 12.6 Å². The van der Waals surface area contributed by atoms with E-state index in [9.17, 15) is 4.79 Å². The molecule has 0 bridgehead atoms. The van der Waals surface area contributed by atoms with Crippen LogP contribution in [0.1, 0.15) is 31.1 Å². The fourth-order valence-corrected chi connectivity index (χ4v) is 1.72. The molecule has 1 rings (SSSR count). The monoisotopic (exact) mass is 346 g/mol. The number of unbranched alkanes of at least 4 members (excludes halogenated alkanes) is 1. The third-order valence-electron chi connectivity index (χ3n) is 2.75. The molecule has 128 valence electrons. The minimum Gasteiger partial charge on any atom is -0.402 e. The third kappa shape index (κ3) is 8.48. The second-order valence-corrected chi connectivity index (χ2v) is 4.47. The molecule has 0 spiro atoms. The lowest BCUT2D eigenvalue weighted by Crippen LogP contribution is -2.30. The highest BCUT2D eigenvalue weighted by Crippen LogP contribution is 2.13. The van der Waals surface area contributed by atoms with Gasteiger partial charge in [0.1, 0.15) is 6.54 Å². The Morgan fingerprint density at radius 2 is 2.26 bits per heavy atom. The van der Waals surface area contributed by atoms with Gasteiger partial charge in [-0.05, 0) is 29.7 Å². The molecule has 1 amide bonds. The molecule has 0 aliphatic rings. The molecule has 0 aromatic carbocycles. The van der Waals surface area contributed by atoms with Crippen molar-refractivity contribution in [3.05, 3.63) is 5.82 Å². The van der Waals surface area contributed by atoms with E-state index in [1.165, 1.54) is 4.68 Å². The maximum atomic E-state index is 11.6. The van der Waals surface area contributed by atoms with E-state index in [0.717, 1.165) is 0 Å². The molecule has 1 aromatic rings. The quantitative estimate of drug-likeness (QED) is 0.216. The molecule has 1 atom stereocenters. The molecule has 0 saturated heterocycles. The second kappa shape index (κ2) is 11.8. The fourth-order valence-electron chi connectivity index (χ4n) is 1.72. The highest BCUT2D eigenvalue weighted by atomic mass is 35.5. The van der Waals surface area contributed by atoms with Crippen LogP contribution in [0, 0.1) is 12.3 Å². The van der Waals surface area contributed by atoms with Crippen molar-refractivity contribution in [2.24, 2.45) is 5.73 Å². The zero-order chi connectivity index (χ0) is 16.4. The molecule has 1 unspecified atom stereocenters. The van der Waals surface area contributed by atoms with Crippen LogP contribution in [0.15, 0.2) is 0 Å². The summed E-state index contributed by atoms with van der Waals surface area (Å²) in [6.07, 6.45) is 6.91. The molecule has 23 heavy (non-hydrogen) atoms. The predicted molar refractivity (Wildman–Crippen MR) is 83.8 cm³/mol. The van der Waals surface area contributed by atoms with E-state index < -0.39 is 13.4 Å². The topological polar surface area (TPSA) is 148 Å². The normalized spacial score (nSPS) is 11.2. The summed E-state index contributed by atoms with van der Waals surface area (Å²) in [5.74, 6) is 2.40. The SMILES string of the molecule is C#CCNC(=O)Cn1nnnc1C(N)CCCCOB(O)O.Cl. The van der Waals surface area contributed by atoms with Crippen LogP contribution in [0.25, 0.3) is 0 Å². The largest absolute Gasteiger partial charge is 0.633 e. The predicted octanol–water partition coefficient (Wildman–Crippen LogP) is -2.00. The van der Waals surface area contributed by atoms with Crippen LogP contribution in [0.2, 0.25) is 0 Å². The smallest absolute Gasteiger partial charge is 0.402 e. The highest BCUT2D eigenvalue weighted by molar-refractivity contribution is 6.32. The number of carbonyl (C=O) groups is 1. The number of tetrazole rings is 1. The Hall–Kier alpha value is -1.71. The van der Waals surface area contributed by atoms with Gasteiger partial charge in [-0.3, -0.25) is 4.79 Å². The number of hydrogen-bond acceptors (Lipinski definition) is 8. The van der Waals surface area contributed by atoms with Gasteiger partial charge in [0.2, 0.25) is 5.91 Å². The number of rotatable bonds is 10. The van der Waals surface area contributed by atoms with Crippen molar-refractivity contribution in [2.75, 3.05) is 13.2 Å². The van der Waals surface area contributed by atoms with Crippen LogP contribution < -0.4 is 11.1 Å². The second-order valence-electron chi connectivity index (χ2n) is 4.47. The zero-order valence-corrected chi connectivity index (χ0v) is 13.3. The summed E-state index contributed by atoms with van der Waals surface area (Å²) >= 11 is 0. The maximum Gasteiger partial charge on any atom is 0.633 e. The minimum absolute atomic E-state index is 0. The number of amides is 1. The molecule has 12 heteroatoms. The van der Waals surface area contributed by atoms with Gasteiger partial charge in [0.25, 0.3) is 0 Å². The van der Waals surface area contributed by atoms with Crippen LogP contribution in [0.4, 0.5) is 0 Å². The Balaban J connectivity index is 0.00000484. The molecule has 0 aliphatic carbocycles. The average molecular weight is 347 g/mol. The molecule has 0 saturated carbocycles. The van der Waals surface area contributed by atoms with Gasteiger partial charge >= 0.3 is 7.32 Å². The van der Waals surface area contributed by atoms with E-state index in [1.54, 1.807) is 0 Å². The summed E-state index contributed by atoms with van der Waals surface area (Å²) in [4.78, 5) is 11.6. The number of aromatic nitrogens is 4. The van der Waals surface area contributed by atoms with Gasteiger partial charge in [0.15, 0.2) is 5.82 Å². The van der Waals surface area contributed by atoms with Crippen molar-refractivity contribution < 1.29 is 19.5 Å². The van der Waals surface area contributed by atoms with Crippen LogP contribution in [0.5, 0.6) is 0 Å². The first-order valence-corrected chi connectivity index (χ1v) is 6.74. The van der Waals surface area contributed by atoms with Gasteiger partial charge in [-0.15, -0.1) is 23.9 Å². The third-order valence-corrected chi connectivity index (χ3v) is 2.75. The summed E-state index contributed by atoms with van der Waals surface area (Å²) in [6, 6.07) is -0.436. The average Bonchev–Trinajstić information content (AvgIpc) is 2.92. The molecule has 1 heterocycles. The van der Waals surface area contributed by atoms with Crippen LogP contribution >= 0.6 is 12.4 Å². The van der Waals surface area contributed by atoms with Crippen LogP contribution in [0.3, 0.4) is 0 Å². The number of hydrogen-bond donors (Lipinski definition) is 4. The van der Waals surface area contributed by atoms with E-state index >= 15 is 0 Å². The van der Waals surface area contributed by atoms with Gasteiger partial charge in [-0.1, -0.05) is 5.92 Å². The Kier molecular flexibility index (Phi) is 10.9. The summed E-state index contributed by atoms with van der Waals surface area (Å²) in [7, 11) is -1.76. The molecule has 0 aliphatic heterocycles. The molecule has 1 aromatic heterocycles. The lowest BCUT2D eigenvalue weighted by atomic mass is 10.1. The van der Waals surface area contributed by atoms with Gasteiger partial charge < -0.3 is 25.8 Å². The van der Waals surface area contributed by atoms with Crippen molar-refractivity contribution in [3.8, 4) is 12.3 Å². The number of nitrogens with two attached hydrogens (primary N) is 1. The van der Waals surface area contributed by atoms with Gasteiger partial charge in [-0.25, -0.2) is 4.68 Å². The Bertz CT molecular complexity index is 509. The van der Waals surface area contributed by atoms with Crippen LogP contribution in [-0.2, 0) is 16.0 Å². The van der Waals surface area contributed by atoms with E-state index in [2.05, 4.69) is 31.4 Å². The first-order valence-electron chi connectivity index (χ1n) is 6.74. The van der Waals surface area contributed by atoms with E-state index in [4.69, 9.17) is 22.2 Å². The van der Waals surface area contributed by atoms with Crippen molar-refractivity contribution in [3.63, 3.8) is 0 Å². The molecular weight excluding hydrogens is 326 g/mol. The summed E-state index contributed by atoms with van der Waals surface area (Å²) in [5, 5.41) is 30.6. The number of terminal acetylenes is 1. The number of halogens is 1. The summed E-state index contributed by atoms with van der Waals surface area (Å²) in [6.45, 7) is 0.292. The zero-order valence-electron chi connectivity index (χ0n) is 12.5. The van der Waals surface area contributed by atoms with E-state index in [-0.39, 0.29) is 38.0 Å². The minimum atomic E-state index is -1.76. The first kappa shape index (κ1) is 21.3. The Morgan fingerprint density at radius 3 is 2.91 bits per heavy atom. The first-order chi connectivity index (χ1) is 10.5. The number of nitrogens with one attached hydrogen (secondary N) is 1. The lowest BCUT2D eigenvalue weighted by Gasteiger charge is -2.11. The molecule has 10 nitrogen and oxygen atoms in total. The molecule has 0 radical (unpaired) electrons. The van der Waals surface area contributed by atoms with Crippen LogP contribution in [-0.4, -0.2) is 56.6 Å². The molecule has 5 N–H and O–H groups in total. The van der Waals surface area contributed by atoms with E-state index in [0.29, 0.717) is 25.1 Å². The number of carbonyl (C=O) groups excluding carboxylic acids is 1. The van der Waals surface area contributed by atoms with Gasteiger partial charge in [0, 0.05) is 6.61 Å². The van der Waals surface area contributed by atoms with Gasteiger partial charge in [-0.2, -0.15) is 0 Å². The maximum absolute atomic E-state index is 11.6. The van der Waals surface area contributed by atoms with Crippen molar-refractivity contribution in [2.45, 2.75) is 31.8 Å². The standard InChI is InChI=1S/C11H19BN6O4.ClH/c1-2-6-14-10(19)8-18-11(15-16-17-18)9(13)5-3-4-7-22-12(20)21;/h1,9,20-21H,3-8,13H2,(H,14,19);1H. The Morgan fingerprint density at radius 1 is 1.52 bits per heavy atom. The Labute approximate surface area is 140 Å². The van der Waals surface area contributed by atoms with Crippen molar-refractivity contribution in [1.29, 1.82) is 0 Å². The van der Waals surface area contributed by atoms with Crippen molar-refractivity contribution in [1.82, 2.24) is 25.5 Å². The molecule has 0 fully saturated rings. The fraction of sp³-hybridized carbons (Fsp3) is 0.636. The highest BCUT2D eigenvalue weighted by Gasteiger charge is 2.17. The van der Waals surface area contributed by atoms with Crippen molar-refractivity contribution >= 4 is 25.6 Å². The lowest BCUT2D eigenvalue weighted by molar-refractivity contribution is -0.121.